The third-order valence-corrected chi connectivity index (χ3v) is 3.95. The van der Waals surface area contributed by atoms with Crippen LogP contribution >= 0.6 is 0 Å². The van der Waals surface area contributed by atoms with Crippen LogP contribution in [0.2, 0.25) is 0 Å². The smallest absolute Gasteiger partial charge is 0.334 e. The second kappa shape index (κ2) is 5.60. The van der Waals surface area contributed by atoms with E-state index in [9.17, 15) is 22.8 Å². The third kappa shape index (κ3) is 3.01. The third-order valence-electron chi connectivity index (χ3n) is 3.95. The molecule has 3 rings (SSSR count). The minimum absolute atomic E-state index is 0.0107. The van der Waals surface area contributed by atoms with Gasteiger partial charge in [-0.15, -0.1) is 0 Å². The maximum Gasteiger partial charge on any atom is 0.471 e. The monoisotopic (exact) mass is 325 g/mol. The zero-order chi connectivity index (χ0) is 16.6. The van der Waals surface area contributed by atoms with Gasteiger partial charge >= 0.3 is 17.8 Å². The van der Waals surface area contributed by atoms with Crippen molar-refractivity contribution >= 4 is 5.91 Å². The van der Waals surface area contributed by atoms with Crippen molar-refractivity contribution in [2.75, 3.05) is 13.1 Å². The van der Waals surface area contributed by atoms with Gasteiger partial charge in [0.2, 0.25) is 0 Å². The van der Waals surface area contributed by atoms with E-state index in [4.69, 9.17) is 0 Å². The SMILES string of the molecule is O=C(N1CCc2ccc(-n3cc[nH]c3=O)cc2CC1)C(F)(F)F. The lowest BCUT2D eigenvalue weighted by molar-refractivity contribution is -0.185. The van der Waals surface area contributed by atoms with Gasteiger partial charge in [0.05, 0.1) is 5.69 Å². The minimum Gasteiger partial charge on any atom is -0.334 e. The number of fused-ring (bicyclic) bond motifs is 1. The summed E-state index contributed by atoms with van der Waals surface area (Å²) in [5.74, 6) is -1.80. The van der Waals surface area contributed by atoms with Crippen LogP contribution in [-0.2, 0) is 17.6 Å². The van der Waals surface area contributed by atoms with E-state index in [0.29, 0.717) is 18.5 Å². The first-order chi connectivity index (χ1) is 10.9. The van der Waals surface area contributed by atoms with Crippen LogP contribution in [0.15, 0.2) is 35.4 Å². The lowest BCUT2D eigenvalue weighted by atomic mass is 10.0. The number of hydrogen-bond donors (Lipinski definition) is 1. The second-order valence-electron chi connectivity index (χ2n) is 5.38. The number of alkyl halides is 3. The van der Waals surface area contributed by atoms with Gasteiger partial charge in [0.15, 0.2) is 0 Å². The van der Waals surface area contributed by atoms with Crippen molar-refractivity contribution in [2.24, 2.45) is 0 Å². The van der Waals surface area contributed by atoms with Crippen molar-refractivity contribution in [3.63, 3.8) is 0 Å². The summed E-state index contributed by atoms with van der Waals surface area (Å²) < 4.78 is 39.1. The summed E-state index contributed by atoms with van der Waals surface area (Å²) >= 11 is 0. The van der Waals surface area contributed by atoms with Gasteiger partial charge in [0.1, 0.15) is 0 Å². The Kier molecular flexibility index (Phi) is 3.75. The van der Waals surface area contributed by atoms with E-state index in [1.165, 1.54) is 10.8 Å². The highest BCUT2D eigenvalue weighted by molar-refractivity contribution is 5.82. The average molecular weight is 325 g/mol. The molecule has 1 amide bonds. The predicted octanol–water partition coefficient (Wildman–Crippen LogP) is 1.66. The van der Waals surface area contributed by atoms with Crippen LogP contribution in [-0.4, -0.2) is 39.6 Å². The normalized spacial score (nSPS) is 15.2. The van der Waals surface area contributed by atoms with Crippen molar-refractivity contribution in [2.45, 2.75) is 19.0 Å². The van der Waals surface area contributed by atoms with E-state index >= 15 is 0 Å². The lowest BCUT2D eigenvalue weighted by Crippen LogP contribution is -2.42. The number of carbonyl (C=O) groups excluding carboxylic acids is 1. The molecule has 0 atom stereocenters. The topological polar surface area (TPSA) is 58.1 Å². The van der Waals surface area contributed by atoms with Gasteiger partial charge in [0.25, 0.3) is 0 Å². The van der Waals surface area contributed by atoms with Crippen LogP contribution in [0.5, 0.6) is 0 Å². The highest BCUT2D eigenvalue weighted by Crippen LogP contribution is 2.23. The van der Waals surface area contributed by atoms with Crippen LogP contribution in [0.4, 0.5) is 13.2 Å². The zero-order valence-corrected chi connectivity index (χ0v) is 12.1. The summed E-state index contributed by atoms with van der Waals surface area (Å²) in [5, 5.41) is 0. The Hall–Kier alpha value is -2.51. The number of benzene rings is 1. The quantitative estimate of drug-likeness (QED) is 0.867. The number of nitrogens with zero attached hydrogens (tertiary/aromatic N) is 2. The molecule has 1 aromatic carbocycles. The molecule has 1 N–H and O–H groups in total. The number of H-pyrrole nitrogens is 1. The summed E-state index contributed by atoms with van der Waals surface area (Å²) in [4.78, 5) is 26.4. The predicted molar refractivity (Wildman–Crippen MR) is 76.4 cm³/mol. The van der Waals surface area contributed by atoms with Gasteiger partial charge < -0.3 is 9.88 Å². The first-order valence-electron chi connectivity index (χ1n) is 7.10. The molecule has 0 radical (unpaired) electrons. The minimum atomic E-state index is -4.85. The number of halogens is 3. The summed E-state index contributed by atoms with van der Waals surface area (Å²) in [6.07, 6.45) is -1.07. The Morgan fingerprint density at radius 3 is 2.43 bits per heavy atom. The number of aromatic nitrogens is 2. The number of hydrogen-bond acceptors (Lipinski definition) is 2. The molecule has 2 aromatic rings. The molecule has 2 heterocycles. The van der Waals surface area contributed by atoms with Gasteiger partial charge in [-0.05, 0) is 36.1 Å². The molecule has 0 bridgehead atoms. The molecule has 0 aliphatic carbocycles. The molecular weight excluding hydrogens is 311 g/mol. The Balaban J connectivity index is 1.85. The molecule has 0 saturated carbocycles. The van der Waals surface area contributed by atoms with E-state index in [1.807, 2.05) is 0 Å². The van der Waals surface area contributed by atoms with Crippen LogP contribution in [0.3, 0.4) is 0 Å². The van der Waals surface area contributed by atoms with Crippen molar-refractivity contribution < 1.29 is 18.0 Å². The van der Waals surface area contributed by atoms with Gasteiger partial charge in [-0.1, -0.05) is 6.07 Å². The summed E-state index contributed by atoms with van der Waals surface area (Å²) in [5.41, 5.74) is 2.11. The van der Waals surface area contributed by atoms with E-state index in [2.05, 4.69) is 4.98 Å². The molecule has 0 fully saturated rings. The van der Waals surface area contributed by atoms with E-state index in [-0.39, 0.29) is 18.8 Å². The Morgan fingerprint density at radius 1 is 1.13 bits per heavy atom. The summed E-state index contributed by atoms with van der Waals surface area (Å²) in [7, 11) is 0. The zero-order valence-electron chi connectivity index (χ0n) is 12.1. The summed E-state index contributed by atoms with van der Waals surface area (Å²) in [6, 6.07) is 5.33. The molecular formula is C15H14F3N3O2. The second-order valence-corrected chi connectivity index (χ2v) is 5.38. The van der Waals surface area contributed by atoms with Crippen molar-refractivity contribution in [3.8, 4) is 5.69 Å². The van der Waals surface area contributed by atoms with E-state index in [0.717, 1.165) is 16.0 Å². The number of carbonyl (C=O) groups is 1. The van der Waals surface area contributed by atoms with E-state index in [1.54, 1.807) is 24.4 Å². The number of imidazole rings is 1. The molecule has 8 heteroatoms. The van der Waals surface area contributed by atoms with Gasteiger partial charge in [-0.3, -0.25) is 9.36 Å². The van der Waals surface area contributed by atoms with Crippen molar-refractivity contribution in [3.05, 3.63) is 52.2 Å². The molecule has 0 spiro atoms. The number of nitrogens with one attached hydrogen (secondary N) is 1. The van der Waals surface area contributed by atoms with Crippen molar-refractivity contribution in [1.29, 1.82) is 0 Å². The molecule has 0 saturated heterocycles. The highest BCUT2D eigenvalue weighted by Gasteiger charge is 2.42. The first kappa shape index (κ1) is 15.4. The molecule has 23 heavy (non-hydrogen) atoms. The van der Waals surface area contributed by atoms with Crippen LogP contribution < -0.4 is 5.69 Å². The van der Waals surface area contributed by atoms with Crippen LogP contribution in [0, 0.1) is 0 Å². The molecule has 1 aromatic heterocycles. The van der Waals surface area contributed by atoms with Crippen LogP contribution in [0.25, 0.3) is 5.69 Å². The highest BCUT2D eigenvalue weighted by atomic mass is 19.4. The first-order valence-corrected chi connectivity index (χ1v) is 7.10. The molecule has 122 valence electrons. The summed E-state index contributed by atoms with van der Waals surface area (Å²) in [6.45, 7) is 0.0472. The fraction of sp³-hybridized carbons (Fsp3) is 0.333. The molecule has 1 aliphatic rings. The molecule has 0 unspecified atom stereocenters. The fourth-order valence-electron chi connectivity index (χ4n) is 2.77. The van der Waals surface area contributed by atoms with Gasteiger partial charge in [-0.2, -0.15) is 13.2 Å². The number of rotatable bonds is 1. The molecule has 1 aliphatic heterocycles. The average Bonchev–Trinajstić information content (AvgIpc) is 2.81. The Labute approximate surface area is 129 Å². The maximum atomic E-state index is 12.6. The fourth-order valence-corrected chi connectivity index (χ4v) is 2.77. The van der Waals surface area contributed by atoms with Gasteiger partial charge in [0, 0.05) is 25.5 Å². The largest absolute Gasteiger partial charge is 0.471 e. The van der Waals surface area contributed by atoms with Crippen LogP contribution in [0.1, 0.15) is 11.1 Å². The maximum absolute atomic E-state index is 12.6. The Bertz CT molecular complexity index is 792. The van der Waals surface area contributed by atoms with Crippen molar-refractivity contribution in [1.82, 2.24) is 14.5 Å². The van der Waals surface area contributed by atoms with Gasteiger partial charge in [-0.25, -0.2) is 4.79 Å². The Morgan fingerprint density at radius 2 is 1.83 bits per heavy atom. The lowest BCUT2D eigenvalue weighted by Gasteiger charge is -2.21. The number of aromatic amines is 1. The number of amides is 1. The standard InChI is InChI=1S/C15H14F3N3O2/c16-15(17,18)13(22)20-6-3-10-1-2-12(9-11(10)4-7-20)21-8-5-19-14(21)23/h1-2,5,8-9H,3-4,6-7H2,(H,19,23). The molecule has 5 nitrogen and oxygen atoms in total. The van der Waals surface area contributed by atoms with E-state index < -0.39 is 12.1 Å².